The number of carboxylic acid groups (broad SMARTS) is 3. The third kappa shape index (κ3) is 4.31. The molecule has 15 heavy (non-hydrogen) atoms. The zero-order valence-electron chi connectivity index (χ0n) is 7.37. The SMILES string of the molecule is O=C([O-])CC(O)(C(=O)O)C(O)C(=O)[O-].[Ca+2]. The molecule has 0 radical (unpaired) electrons. The molecule has 2 atom stereocenters. The van der Waals surface area contributed by atoms with Crippen LogP contribution >= 0.6 is 0 Å². The van der Waals surface area contributed by atoms with Crippen molar-refractivity contribution in [1.29, 1.82) is 0 Å². The summed E-state index contributed by atoms with van der Waals surface area (Å²) in [6.07, 6.45) is -4.41. The number of carbonyl (C=O) groups is 3. The first-order valence-electron chi connectivity index (χ1n) is 3.26. The second-order valence-corrected chi connectivity index (χ2v) is 2.50. The second-order valence-electron chi connectivity index (χ2n) is 2.50. The van der Waals surface area contributed by atoms with Gasteiger partial charge in [-0.3, -0.25) is 0 Å². The van der Waals surface area contributed by atoms with E-state index in [1.54, 1.807) is 0 Å². The Morgan fingerprint density at radius 2 is 1.67 bits per heavy atom. The molecule has 0 aliphatic carbocycles. The van der Waals surface area contributed by atoms with Gasteiger partial charge in [0.25, 0.3) is 0 Å². The summed E-state index contributed by atoms with van der Waals surface area (Å²) in [7, 11) is 0. The molecule has 3 N–H and O–H groups in total. The molecule has 0 heterocycles. The largest absolute Gasteiger partial charge is 2.00 e. The van der Waals surface area contributed by atoms with Crippen LogP contribution in [0.5, 0.6) is 0 Å². The Kier molecular flexibility index (Phi) is 7.06. The first-order valence-corrected chi connectivity index (χ1v) is 3.26. The molecule has 0 aliphatic rings. The van der Waals surface area contributed by atoms with E-state index < -0.39 is 36.0 Å². The van der Waals surface area contributed by atoms with E-state index in [4.69, 9.17) is 15.3 Å². The Morgan fingerprint density at radius 3 is 1.87 bits per heavy atom. The Morgan fingerprint density at radius 1 is 1.27 bits per heavy atom. The summed E-state index contributed by atoms with van der Waals surface area (Å²) in [5.74, 6) is -6.51. The van der Waals surface area contributed by atoms with Crippen LogP contribution in [0.3, 0.4) is 0 Å². The summed E-state index contributed by atoms with van der Waals surface area (Å²) in [5, 5.41) is 46.0. The molecule has 80 valence electrons. The fourth-order valence-electron chi connectivity index (χ4n) is 0.704. The van der Waals surface area contributed by atoms with Crippen molar-refractivity contribution >= 4 is 55.6 Å². The van der Waals surface area contributed by atoms with E-state index in [1.807, 2.05) is 0 Å². The van der Waals surface area contributed by atoms with Gasteiger partial charge in [0.15, 0.2) is 5.60 Å². The van der Waals surface area contributed by atoms with Crippen LogP contribution in [-0.4, -0.2) is 82.7 Å². The molecule has 0 saturated carbocycles. The maximum absolute atomic E-state index is 10.3. The molecule has 9 heteroatoms. The van der Waals surface area contributed by atoms with Gasteiger partial charge in [-0.25, -0.2) is 4.79 Å². The van der Waals surface area contributed by atoms with Gasteiger partial charge in [-0.2, -0.15) is 0 Å². The van der Waals surface area contributed by atoms with Gasteiger partial charge >= 0.3 is 43.7 Å². The van der Waals surface area contributed by atoms with Gasteiger partial charge in [-0.05, 0) is 0 Å². The van der Waals surface area contributed by atoms with E-state index in [0.717, 1.165) is 0 Å². The van der Waals surface area contributed by atoms with Crippen molar-refractivity contribution in [2.75, 3.05) is 0 Å². The monoisotopic (exact) mass is 246 g/mol. The summed E-state index contributed by atoms with van der Waals surface area (Å²) >= 11 is 0. The minimum absolute atomic E-state index is 0. The quantitative estimate of drug-likeness (QED) is 0.405. The van der Waals surface area contributed by atoms with Crippen molar-refractivity contribution in [1.82, 2.24) is 0 Å². The minimum Gasteiger partial charge on any atom is -0.550 e. The molecule has 0 fully saturated rings. The van der Waals surface area contributed by atoms with Crippen LogP contribution in [0.4, 0.5) is 0 Å². The Labute approximate surface area is 113 Å². The molecule has 2 unspecified atom stereocenters. The van der Waals surface area contributed by atoms with Crippen molar-refractivity contribution < 1.29 is 39.9 Å². The van der Waals surface area contributed by atoms with E-state index >= 15 is 0 Å². The van der Waals surface area contributed by atoms with Crippen LogP contribution in [0.25, 0.3) is 0 Å². The van der Waals surface area contributed by atoms with E-state index in [1.165, 1.54) is 0 Å². The van der Waals surface area contributed by atoms with Crippen LogP contribution in [0.15, 0.2) is 0 Å². The summed E-state index contributed by atoms with van der Waals surface area (Å²) in [6, 6.07) is 0. The van der Waals surface area contributed by atoms with Crippen LogP contribution in [0.1, 0.15) is 6.42 Å². The zero-order valence-corrected chi connectivity index (χ0v) is 9.58. The Hall–Kier alpha value is -0.410. The fourth-order valence-corrected chi connectivity index (χ4v) is 0.704. The van der Waals surface area contributed by atoms with Crippen LogP contribution in [-0.2, 0) is 14.4 Å². The van der Waals surface area contributed by atoms with E-state index in [2.05, 4.69) is 0 Å². The summed E-state index contributed by atoms with van der Waals surface area (Å²) in [5.41, 5.74) is -3.35. The number of aliphatic hydroxyl groups excluding tert-OH is 1. The first-order chi connectivity index (χ1) is 6.21. The zero-order chi connectivity index (χ0) is 11.5. The van der Waals surface area contributed by atoms with Crippen molar-refractivity contribution in [2.24, 2.45) is 0 Å². The number of aliphatic hydroxyl groups is 2. The number of aliphatic carboxylic acids is 3. The Bertz CT molecular complexity index is 276. The average molecular weight is 246 g/mol. The van der Waals surface area contributed by atoms with Crippen molar-refractivity contribution in [3.8, 4) is 0 Å². The molecule has 0 amide bonds. The molecule has 0 saturated heterocycles. The normalized spacial score (nSPS) is 15.6. The van der Waals surface area contributed by atoms with Crippen molar-refractivity contribution in [2.45, 2.75) is 18.1 Å². The van der Waals surface area contributed by atoms with Gasteiger partial charge in [0, 0.05) is 12.4 Å². The van der Waals surface area contributed by atoms with Gasteiger partial charge in [0.1, 0.15) is 6.10 Å². The number of carboxylic acids is 3. The van der Waals surface area contributed by atoms with Crippen LogP contribution in [0.2, 0.25) is 0 Å². The van der Waals surface area contributed by atoms with Crippen molar-refractivity contribution in [3.63, 3.8) is 0 Å². The standard InChI is InChI=1S/C6H8O8.Ca/c7-2(8)1-6(14,5(12)13)3(9)4(10)11;/h3,9,14H,1H2,(H,7,8)(H,10,11)(H,12,13);/q;+2/p-2. The third-order valence-corrected chi connectivity index (χ3v) is 1.46. The topological polar surface area (TPSA) is 158 Å². The molecular formula is C6H6CaO8. The molecule has 0 aromatic rings. The van der Waals surface area contributed by atoms with Gasteiger partial charge in [0.05, 0.1) is 5.97 Å². The number of hydrogen-bond acceptors (Lipinski definition) is 7. The van der Waals surface area contributed by atoms with Gasteiger partial charge in [-0.1, -0.05) is 0 Å². The smallest absolute Gasteiger partial charge is 0.550 e. The number of carbonyl (C=O) groups excluding carboxylic acids is 2. The number of hydrogen-bond donors (Lipinski definition) is 3. The van der Waals surface area contributed by atoms with Gasteiger partial charge in [0.2, 0.25) is 0 Å². The second kappa shape index (κ2) is 6.23. The third-order valence-electron chi connectivity index (χ3n) is 1.46. The summed E-state index contributed by atoms with van der Waals surface area (Å²) in [6.45, 7) is 0. The van der Waals surface area contributed by atoms with E-state index in [9.17, 15) is 24.6 Å². The molecule has 0 aromatic carbocycles. The molecule has 0 spiro atoms. The molecule has 0 aromatic heterocycles. The van der Waals surface area contributed by atoms with Gasteiger partial charge < -0.3 is 35.1 Å². The molecule has 8 nitrogen and oxygen atoms in total. The van der Waals surface area contributed by atoms with Gasteiger partial charge in [-0.15, -0.1) is 0 Å². The predicted molar refractivity (Wildman–Crippen MR) is 39.0 cm³/mol. The summed E-state index contributed by atoms with van der Waals surface area (Å²) < 4.78 is 0. The Balaban J connectivity index is 0. The van der Waals surface area contributed by atoms with Crippen LogP contribution in [0, 0.1) is 0 Å². The molecular weight excluding hydrogens is 240 g/mol. The van der Waals surface area contributed by atoms with E-state index in [-0.39, 0.29) is 37.7 Å². The predicted octanol–water partition coefficient (Wildman–Crippen LogP) is -5.33. The number of rotatable bonds is 5. The average Bonchev–Trinajstić information content (AvgIpc) is 2.00. The maximum atomic E-state index is 10.3. The maximum Gasteiger partial charge on any atom is 2.00 e. The van der Waals surface area contributed by atoms with Crippen molar-refractivity contribution in [3.05, 3.63) is 0 Å². The van der Waals surface area contributed by atoms with Crippen LogP contribution < -0.4 is 10.2 Å². The fraction of sp³-hybridized carbons (Fsp3) is 0.500. The van der Waals surface area contributed by atoms with E-state index in [0.29, 0.717) is 0 Å². The summed E-state index contributed by atoms with van der Waals surface area (Å²) in [4.78, 5) is 30.3. The first kappa shape index (κ1) is 17.0. The molecule has 0 bridgehead atoms. The molecule has 0 rings (SSSR count). The molecule has 0 aliphatic heterocycles. The minimum atomic E-state index is -3.35.